The first-order chi connectivity index (χ1) is 16.5. The Balaban J connectivity index is 1.56. The molecule has 6 nitrogen and oxygen atoms in total. The smallest absolute Gasteiger partial charge is 0.294 e. The molecule has 0 radical (unpaired) electrons. The molecule has 1 fully saturated rings. The van der Waals surface area contributed by atoms with Gasteiger partial charge >= 0.3 is 0 Å². The summed E-state index contributed by atoms with van der Waals surface area (Å²) in [6.07, 6.45) is 2.81. The molecule has 0 saturated carbocycles. The molecule has 35 heavy (non-hydrogen) atoms. The Morgan fingerprint density at radius 1 is 1.26 bits per heavy atom. The van der Waals surface area contributed by atoms with Crippen LogP contribution in [0, 0.1) is 6.92 Å². The van der Waals surface area contributed by atoms with Crippen LogP contribution in [0.25, 0.3) is 6.08 Å². The second-order valence-electron chi connectivity index (χ2n) is 9.76. The highest BCUT2D eigenvalue weighted by Crippen LogP contribution is 2.45. The van der Waals surface area contributed by atoms with E-state index in [1.165, 1.54) is 11.3 Å². The number of halogens is 1. The lowest BCUT2D eigenvalue weighted by molar-refractivity contribution is -0.127. The fourth-order valence-electron chi connectivity index (χ4n) is 5.09. The molecular formula is C27H30ClN3O3S. The lowest BCUT2D eigenvalue weighted by atomic mass is 9.79. The zero-order valence-electron chi connectivity index (χ0n) is 20.6. The molecule has 0 aliphatic carbocycles. The molecular weight excluding hydrogens is 482 g/mol. The first kappa shape index (κ1) is 25.3. The number of nitrogens with zero attached hydrogens (tertiary/aromatic N) is 2. The number of carbonyl (C=O) groups excluding carboxylic acids is 3. The van der Waals surface area contributed by atoms with Crippen molar-refractivity contribution in [1.29, 1.82) is 0 Å². The van der Waals surface area contributed by atoms with Crippen molar-refractivity contribution in [1.82, 2.24) is 4.90 Å². The van der Waals surface area contributed by atoms with Crippen molar-refractivity contribution in [2.45, 2.75) is 52.5 Å². The minimum atomic E-state index is -0.461. The summed E-state index contributed by atoms with van der Waals surface area (Å²) >= 11 is 6.82. The van der Waals surface area contributed by atoms with Crippen molar-refractivity contribution in [3.63, 3.8) is 0 Å². The van der Waals surface area contributed by atoms with Gasteiger partial charge in [-0.15, -0.1) is 0 Å². The normalized spacial score (nSPS) is 20.4. The molecule has 184 valence electrons. The SMILES string of the molecule is CCN1c2cc(C)c(/C=C3/SC(=O)N(CC(=O)Nc4cccc(Cl)c4)C3=O)cc2C(C)CC1(C)C. The highest BCUT2D eigenvalue weighted by molar-refractivity contribution is 8.18. The predicted octanol–water partition coefficient (Wildman–Crippen LogP) is 6.44. The number of rotatable bonds is 5. The molecule has 2 aliphatic rings. The number of fused-ring (bicyclic) bond motifs is 1. The number of thioether (sulfide) groups is 1. The number of amides is 3. The molecule has 0 bridgehead atoms. The van der Waals surface area contributed by atoms with Gasteiger partial charge in [0, 0.05) is 28.5 Å². The summed E-state index contributed by atoms with van der Waals surface area (Å²) in [4.78, 5) is 41.8. The number of benzene rings is 2. The van der Waals surface area contributed by atoms with Crippen molar-refractivity contribution in [2.75, 3.05) is 23.3 Å². The topological polar surface area (TPSA) is 69.7 Å². The van der Waals surface area contributed by atoms with Gasteiger partial charge in [0.15, 0.2) is 0 Å². The van der Waals surface area contributed by atoms with E-state index in [4.69, 9.17) is 11.6 Å². The summed E-state index contributed by atoms with van der Waals surface area (Å²) < 4.78 is 0. The average Bonchev–Trinajstić information content (AvgIpc) is 3.02. The Morgan fingerprint density at radius 3 is 2.69 bits per heavy atom. The van der Waals surface area contributed by atoms with E-state index in [1.54, 1.807) is 30.3 Å². The monoisotopic (exact) mass is 511 g/mol. The van der Waals surface area contributed by atoms with Gasteiger partial charge in [0.25, 0.3) is 11.1 Å². The third kappa shape index (κ3) is 5.11. The van der Waals surface area contributed by atoms with Crippen molar-refractivity contribution in [3.8, 4) is 0 Å². The van der Waals surface area contributed by atoms with Gasteiger partial charge < -0.3 is 10.2 Å². The minimum Gasteiger partial charge on any atom is -0.366 e. The molecule has 0 spiro atoms. The maximum absolute atomic E-state index is 13.0. The Bertz CT molecular complexity index is 1240. The lowest BCUT2D eigenvalue weighted by Crippen LogP contribution is -2.48. The molecule has 1 atom stereocenters. The van der Waals surface area contributed by atoms with Crippen LogP contribution in [0.5, 0.6) is 0 Å². The van der Waals surface area contributed by atoms with Gasteiger partial charge in [0.2, 0.25) is 5.91 Å². The number of carbonyl (C=O) groups is 3. The highest BCUT2D eigenvalue weighted by Gasteiger charge is 2.38. The van der Waals surface area contributed by atoms with Crippen LogP contribution in [0.3, 0.4) is 0 Å². The van der Waals surface area contributed by atoms with Gasteiger partial charge in [0.05, 0.1) is 4.91 Å². The maximum Gasteiger partial charge on any atom is 0.294 e. The molecule has 4 rings (SSSR count). The van der Waals surface area contributed by atoms with Crippen LogP contribution in [0.1, 0.15) is 56.7 Å². The predicted molar refractivity (Wildman–Crippen MR) is 144 cm³/mol. The number of anilines is 2. The molecule has 1 saturated heterocycles. The van der Waals surface area contributed by atoms with Crippen molar-refractivity contribution >= 4 is 57.9 Å². The second-order valence-corrected chi connectivity index (χ2v) is 11.2. The summed E-state index contributed by atoms with van der Waals surface area (Å²) in [5, 5.41) is 2.71. The molecule has 2 heterocycles. The van der Waals surface area contributed by atoms with Crippen LogP contribution >= 0.6 is 23.4 Å². The first-order valence-electron chi connectivity index (χ1n) is 11.7. The molecule has 2 aliphatic heterocycles. The van der Waals surface area contributed by atoms with Crippen LogP contribution in [0.4, 0.5) is 16.2 Å². The molecule has 8 heteroatoms. The maximum atomic E-state index is 13.0. The second kappa shape index (κ2) is 9.70. The Morgan fingerprint density at radius 2 is 2.00 bits per heavy atom. The molecule has 0 aromatic heterocycles. The largest absolute Gasteiger partial charge is 0.366 e. The van der Waals surface area contributed by atoms with Crippen LogP contribution < -0.4 is 10.2 Å². The van der Waals surface area contributed by atoms with Crippen molar-refractivity contribution in [2.24, 2.45) is 0 Å². The van der Waals surface area contributed by atoms with Gasteiger partial charge in [0.1, 0.15) is 6.54 Å². The first-order valence-corrected chi connectivity index (χ1v) is 12.9. The van der Waals surface area contributed by atoms with E-state index in [0.29, 0.717) is 21.5 Å². The third-order valence-electron chi connectivity index (χ3n) is 6.66. The van der Waals surface area contributed by atoms with Crippen LogP contribution in [-0.2, 0) is 9.59 Å². The van der Waals surface area contributed by atoms with Gasteiger partial charge in [-0.2, -0.15) is 0 Å². The van der Waals surface area contributed by atoms with E-state index in [9.17, 15) is 14.4 Å². The van der Waals surface area contributed by atoms with Crippen LogP contribution in [0.15, 0.2) is 41.3 Å². The quantitative estimate of drug-likeness (QED) is 0.468. The van der Waals surface area contributed by atoms with E-state index in [1.807, 2.05) is 6.92 Å². The molecule has 2 aromatic rings. The van der Waals surface area contributed by atoms with Crippen molar-refractivity contribution in [3.05, 3.63) is 63.0 Å². The number of imide groups is 1. The van der Waals surface area contributed by atoms with E-state index in [2.05, 4.69) is 50.0 Å². The van der Waals surface area contributed by atoms with E-state index in [-0.39, 0.29) is 12.1 Å². The van der Waals surface area contributed by atoms with E-state index in [0.717, 1.165) is 40.8 Å². The molecule has 2 aromatic carbocycles. The Hall–Kier alpha value is -2.77. The zero-order chi connectivity index (χ0) is 25.5. The zero-order valence-corrected chi connectivity index (χ0v) is 22.2. The summed E-state index contributed by atoms with van der Waals surface area (Å²) in [5.74, 6) is -0.541. The van der Waals surface area contributed by atoms with Crippen LogP contribution in [0.2, 0.25) is 5.02 Å². The summed E-state index contributed by atoms with van der Waals surface area (Å²) in [7, 11) is 0. The van der Waals surface area contributed by atoms with Gasteiger partial charge in [-0.25, -0.2) is 0 Å². The number of aryl methyl sites for hydroxylation is 1. The summed E-state index contributed by atoms with van der Waals surface area (Å²) in [6.45, 7) is 11.5. The summed E-state index contributed by atoms with van der Waals surface area (Å²) in [6, 6.07) is 11.0. The molecule has 3 amide bonds. The van der Waals surface area contributed by atoms with Gasteiger partial charge in [-0.3, -0.25) is 19.3 Å². The van der Waals surface area contributed by atoms with Crippen LogP contribution in [-0.4, -0.2) is 40.6 Å². The standard InChI is InChI=1S/C27H30ClN3O3S/c1-6-31-22-10-16(2)18(11-21(22)17(3)14-27(31,4)5)12-23-25(33)30(26(34)35-23)15-24(32)29-20-9-7-8-19(28)13-20/h7-13,17H,6,14-15H2,1-5H3,(H,29,32)/b23-12+. The fourth-order valence-corrected chi connectivity index (χ4v) is 6.11. The Labute approximate surface area is 215 Å². The van der Waals surface area contributed by atoms with Gasteiger partial charge in [-0.1, -0.05) is 24.6 Å². The minimum absolute atomic E-state index is 0.0729. The Kier molecular flexibility index (Phi) is 7.02. The van der Waals surface area contributed by atoms with E-state index >= 15 is 0 Å². The number of nitrogens with one attached hydrogen (secondary N) is 1. The molecule has 1 N–H and O–H groups in total. The highest BCUT2D eigenvalue weighted by atomic mass is 35.5. The average molecular weight is 512 g/mol. The van der Waals surface area contributed by atoms with Crippen molar-refractivity contribution < 1.29 is 14.4 Å². The van der Waals surface area contributed by atoms with E-state index < -0.39 is 17.1 Å². The summed E-state index contributed by atoms with van der Waals surface area (Å²) in [5.41, 5.74) is 5.02. The number of hydrogen-bond acceptors (Lipinski definition) is 5. The third-order valence-corrected chi connectivity index (χ3v) is 7.80. The van der Waals surface area contributed by atoms with Gasteiger partial charge in [-0.05, 0) is 105 Å². The fraction of sp³-hybridized carbons (Fsp3) is 0.370. The lowest BCUT2D eigenvalue weighted by Gasteiger charge is -2.47. The molecule has 1 unspecified atom stereocenters. The number of hydrogen-bond donors (Lipinski definition) is 1.